The zero-order valence-corrected chi connectivity index (χ0v) is 7.52. The van der Waals surface area contributed by atoms with Gasteiger partial charge in [0, 0.05) is 6.42 Å². The fraction of sp³-hybridized carbons (Fsp3) is 0.333. The summed E-state index contributed by atoms with van der Waals surface area (Å²) in [6, 6.07) is 0. The number of rotatable bonds is 2. The van der Waals surface area contributed by atoms with Gasteiger partial charge >= 0.3 is 5.97 Å². The molecule has 0 radical (unpaired) electrons. The Balaban J connectivity index is 3.02. The fourth-order valence-electron chi connectivity index (χ4n) is 1.16. The Morgan fingerprint density at radius 1 is 1.50 bits per heavy atom. The first-order valence-electron chi connectivity index (χ1n) is 3.95. The van der Waals surface area contributed by atoms with Crippen LogP contribution in [0.4, 0.5) is 0 Å². The third kappa shape index (κ3) is 1.67. The maximum Gasteiger partial charge on any atom is 0.339 e. The number of aliphatic hydroxyl groups is 2. The summed E-state index contributed by atoms with van der Waals surface area (Å²) >= 11 is 0. The maximum absolute atomic E-state index is 11.0. The van der Waals surface area contributed by atoms with E-state index >= 15 is 0 Å². The Bertz CT molecular complexity index is 352. The minimum absolute atomic E-state index is 0.295. The maximum atomic E-state index is 11.0. The van der Waals surface area contributed by atoms with Crippen molar-refractivity contribution in [2.45, 2.75) is 18.9 Å². The Labute approximate surface area is 80.0 Å². The van der Waals surface area contributed by atoms with Gasteiger partial charge in [0.05, 0.1) is 5.57 Å². The van der Waals surface area contributed by atoms with E-state index in [0.29, 0.717) is 0 Å². The third-order valence-electron chi connectivity index (χ3n) is 2.11. The molecule has 1 unspecified atom stereocenters. The van der Waals surface area contributed by atoms with Crippen molar-refractivity contribution in [3.05, 3.63) is 23.5 Å². The number of ketones is 1. The van der Waals surface area contributed by atoms with Gasteiger partial charge in [0.1, 0.15) is 11.4 Å². The molecule has 0 bridgehead atoms. The molecule has 3 N–H and O–H groups in total. The largest absolute Gasteiger partial charge is 0.511 e. The molecule has 0 saturated heterocycles. The number of hydrogen-bond acceptors (Lipinski definition) is 4. The summed E-state index contributed by atoms with van der Waals surface area (Å²) in [6.07, 6.45) is 1.72. The summed E-state index contributed by atoms with van der Waals surface area (Å²) in [7, 11) is 0. The first-order chi connectivity index (χ1) is 6.37. The number of aliphatic hydroxyl groups excluding tert-OH is 1. The molecular formula is C9H10O5. The van der Waals surface area contributed by atoms with Crippen molar-refractivity contribution in [1.29, 1.82) is 0 Å². The van der Waals surface area contributed by atoms with E-state index in [1.54, 1.807) is 0 Å². The monoisotopic (exact) mass is 198 g/mol. The Morgan fingerprint density at radius 2 is 2.07 bits per heavy atom. The molecule has 14 heavy (non-hydrogen) atoms. The van der Waals surface area contributed by atoms with Crippen LogP contribution in [0.3, 0.4) is 0 Å². The molecule has 0 aromatic heterocycles. The summed E-state index contributed by atoms with van der Waals surface area (Å²) in [5.41, 5.74) is -2.07. The van der Waals surface area contributed by atoms with Gasteiger partial charge in [-0.05, 0) is 19.1 Å². The second-order valence-corrected chi connectivity index (χ2v) is 3.16. The molecule has 0 saturated carbocycles. The lowest BCUT2D eigenvalue weighted by atomic mass is 9.87. The van der Waals surface area contributed by atoms with Gasteiger partial charge in [-0.25, -0.2) is 4.79 Å². The van der Waals surface area contributed by atoms with Crippen molar-refractivity contribution >= 4 is 11.8 Å². The molecule has 1 atom stereocenters. The van der Waals surface area contributed by atoms with Gasteiger partial charge < -0.3 is 15.3 Å². The highest BCUT2D eigenvalue weighted by Crippen LogP contribution is 2.26. The van der Waals surface area contributed by atoms with Gasteiger partial charge in [-0.15, -0.1) is 0 Å². The minimum atomic E-state index is -1.77. The number of carbonyl (C=O) groups excluding carboxylic acids is 1. The van der Waals surface area contributed by atoms with Crippen LogP contribution >= 0.6 is 0 Å². The van der Waals surface area contributed by atoms with E-state index in [1.807, 2.05) is 0 Å². The first-order valence-corrected chi connectivity index (χ1v) is 3.95. The van der Waals surface area contributed by atoms with Crippen LogP contribution < -0.4 is 0 Å². The molecule has 0 aromatic rings. The second kappa shape index (κ2) is 3.26. The van der Waals surface area contributed by atoms with Crippen molar-refractivity contribution in [3.63, 3.8) is 0 Å². The summed E-state index contributed by atoms with van der Waals surface area (Å²) in [4.78, 5) is 21.5. The van der Waals surface area contributed by atoms with E-state index in [-0.39, 0.29) is 12.0 Å². The zero-order valence-electron chi connectivity index (χ0n) is 7.52. The summed E-state index contributed by atoms with van der Waals surface area (Å²) in [5, 5.41) is 27.4. The standard InChI is InChI=1S/C9H10O5/c1-5(10)9(14)3-2-6(8(12)13)7(11)4-9/h2-3,11,14H,4H2,1H3,(H,12,13). The second-order valence-electron chi connectivity index (χ2n) is 3.16. The highest BCUT2D eigenvalue weighted by atomic mass is 16.4. The molecule has 76 valence electrons. The van der Waals surface area contributed by atoms with E-state index in [2.05, 4.69) is 0 Å². The van der Waals surface area contributed by atoms with E-state index in [1.165, 1.54) is 6.92 Å². The normalized spacial score (nSPS) is 26.4. The summed E-state index contributed by atoms with van der Waals surface area (Å²) < 4.78 is 0. The molecule has 5 heteroatoms. The first kappa shape index (κ1) is 10.5. The molecule has 0 amide bonds. The van der Waals surface area contributed by atoms with Crippen molar-refractivity contribution in [2.75, 3.05) is 0 Å². The molecule has 1 rings (SSSR count). The molecule has 0 spiro atoms. The van der Waals surface area contributed by atoms with Gasteiger partial charge in [0.15, 0.2) is 5.78 Å². The number of carboxylic acid groups (broad SMARTS) is 1. The number of Topliss-reactive ketones (excluding diaryl/α,β-unsaturated/α-hetero) is 1. The number of aliphatic carboxylic acids is 1. The third-order valence-corrected chi connectivity index (χ3v) is 2.11. The van der Waals surface area contributed by atoms with E-state index in [9.17, 15) is 19.8 Å². The van der Waals surface area contributed by atoms with Crippen molar-refractivity contribution < 1.29 is 24.9 Å². The van der Waals surface area contributed by atoms with Crippen LogP contribution in [0.15, 0.2) is 23.5 Å². The Kier molecular flexibility index (Phi) is 2.44. The highest BCUT2D eigenvalue weighted by Gasteiger charge is 2.35. The predicted octanol–water partition coefficient (Wildman–Crippen LogP) is 0.163. The number of carboxylic acids is 1. The van der Waals surface area contributed by atoms with Crippen LogP contribution in [-0.4, -0.2) is 32.7 Å². The fourth-order valence-corrected chi connectivity index (χ4v) is 1.16. The Hall–Kier alpha value is -1.62. The van der Waals surface area contributed by atoms with Gasteiger partial charge in [-0.1, -0.05) is 0 Å². The molecule has 0 aliphatic heterocycles. The van der Waals surface area contributed by atoms with Gasteiger partial charge in [0.25, 0.3) is 0 Å². The molecule has 0 aromatic carbocycles. The molecule has 0 heterocycles. The molecule has 0 fully saturated rings. The van der Waals surface area contributed by atoms with Crippen molar-refractivity contribution in [2.24, 2.45) is 0 Å². The average molecular weight is 198 g/mol. The van der Waals surface area contributed by atoms with Crippen molar-refractivity contribution in [1.82, 2.24) is 0 Å². The van der Waals surface area contributed by atoms with Crippen LogP contribution in [0, 0.1) is 0 Å². The van der Waals surface area contributed by atoms with E-state index < -0.39 is 23.1 Å². The highest BCUT2D eigenvalue weighted by molar-refractivity contribution is 5.94. The van der Waals surface area contributed by atoms with Crippen molar-refractivity contribution in [3.8, 4) is 0 Å². The minimum Gasteiger partial charge on any atom is -0.511 e. The van der Waals surface area contributed by atoms with Crippen LogP contribution in [0.1, 0.15) is 13.3 Å². The lowest BCUT2D eigenvalue weighted by molar-refractivity contribution is -0.134. The zero-order chi connectivity index (χ0) is 10.9. The summed E-state index contributed by atoms with van der Waals surface area (Å²) in [6.45, 7) is 1.17. The van der Waals surface area contributed by atoms with Gasteiger partial charge in [-0.3, -0.25) is 4.79 Å². The molecular weight excluding hydrogens is 188 g/mol. The predicted molar refractivity (Wildman–Crippen MR) is 46.7 cm³/mol. The molecule has 1 aliphatic carbocycles. The lowest BCUT2D eigenvalue weighted by Gasteiger charge is -2.24. The average Bonchev–Trinajstić information content (AvgIpc) is 2.02. The molecule has 1 aliphatic rings. The number of carbonyl (C=O) groups is 2. The van der Waals surface area contributed by atoms with Crippen LogP contribution in [0.25, 0.3) is 0 Å². The van der Waals surface area contributed by atoms with E-state index in [0.717, 1.165) is 12.2 Å². The smallest absolute Gasteiger partial charge is 0.339 e. The quantitative estimate of drug-likeness (QED) is 0.587. The van der Waals surface area contributed by atoms with Crippen LogP contribution in [-0.2, 0) is 9.59 Å². The topological polar surface area (TPSA) is 94.8 Å². The van der Waals surface area contributed by atoms with Gasteiger partial charge in [-0.2, -0.15) is 0 Å². The van der Waals surface area contributed by atoms with Crippen LogP contribution in [0.2, 0.25) is 0 Å². The van der Waals surface area contributed by atoms with E-state index in [4.69, 9.17) is 5.11 Å². The van der Waals surface area contributed by atoms with Gasteiger partial charge in [0.2, 0.25) is 0 Å². The summed E-state index contributed by atoms with van der Waals surface area (Å²) in [5.74, 6) is -2.31. The Morgan fingerprint density at radius 3 is 2.43 bits per heavy atom. The molecule has 5 nitrogen and oxygen atoms in total. The SMILES string of the molecule is CC(=O)C1(O)C=CC(C(=O)O)=C(O)C1. The van der Waals surface area contributed by atoms with Crippen LogP contribution in [0.5, 0.6) is 0 Å². The number of hydrogen-bond donors (Lipinski definition) is 3. The lowest BCUT2D eigenvalue weighted by Crippen LogP contribution is -2.37.